The summed E-state index contributed by atoms with van der Waals surface area (Å²) in [5.74, 6) is 0.397. The molecule has 3 heterocycles. The van der Waals surface area contributed by atoms with Gasteiger partial charge < -0.3 is 14.8 Å². The second-order valence-electron chi connectivity index (χ2n) is 6.21. The number of imide groups is 1. The molecule has 1 N–H and O–H groups in total. The van der Waals surface area contributed by atoms with Crippen LogP contribution in [-0.2, 0) is 10.3 Å². The molecule has 0 saturated carbocycles. The van der Waals surface area contributed by atoms with Gasteiger partial charge in [0.25, 0.3) is 5.91 Å². The van der Waals surface area contributed by atoms with Crippen molar-refractivity contribution in [1.29, 1.82) is 0 Å². The number of hydrogen-bond acceptors (Lipinski definition) is 6. The molecule has 2 aromatic rings. The monoisotopic (exact) mass is 372 g/mol. The highest BCUT2D eigenvalue weighted by Gasteiger charge is 2.49. The first-order valence-electron chi connectivity index (χ1n) is 8.10. The van der Waals surface area contributed by atoms with Crippen LogP contribution in [0, 0.1) is 0 Å². The number of thiophene rings is 1. The molecule has 1 aromatic heterocycles. The maximum absolute atomic E-state index is 12.9. The van der Waals surface area contributed by atoms with Crippen LogP contribution < -0.4 is 14.8 Å². The minimum atomic E-state index is -1.26. The summed E-state index contributed by atoms with van der Waals surface area (Å²) in [5.41, 5.74) is -0.686. The first-order valence-corrected chi connectivity index (χ1v) is 8.98. The highest BCUT2D eigenvalue weighted by molar-refractivity contribution is 7.12. The van der Waals surface area contributed by atoms with Gasteiger partial charge in [0.05, 0.1) is 11.4 Å². The zero-order chi connectivity index (χ0) is 18.3. The number of rotatable bonds is 4. The molecule has 4 rings (SSSR count). The summed E-state index contributed by atoms with van der Waals surface area (Å²) in [6, 6.07) is 7.97. The lowest BCUT2D eigenvalue weighted by atomic mass is 9.91. The Morgan fingerprint density at radius 1 is 1.23 bits per heavy atom. The van der Waals surface area contributed by atoms with E-state index in [1.165, 1.54) is 11.3 Å². The van der Waals surface area contributed by atoms with Crippen LogP contribution in [0.2, 0.25) is 0 Å². The highest BCUT2D eigenvalue weighted by Crippen LogP contribution is 2.36. The predicted molar refractivity (Wildman–Crippen MR) is 93.7 cm³/mol. The Morgan fingerprint density at radius 3 is 2.73 bits per heavy atom. The highest BCUT2D eigenvalue weighted by atomic mass is 32.1. The summed E-state index contributed by atoms with van der Waals surface area (Å²) < 4.78 is 11.0. The standard InChI is InChI=1S/C18H16N2O5S/c1-18(11-4-5-13-14(9-11)25-7-6-24-13)16(22)20(17(23)19-18)10-12(21)15-3-2-8-26-15/h2-5,8-9H,6-7,10H2,1H3,(H,19,23)/t18-/m0/s1. The van der Waals surface area contributed by atoms with Gasteiger partial charge in [-0.05, 0) is 36.1 Å². The fourth-order valence-corrected chi connectivity index (χ4v) is 3.71. The summed E-state index contributed by atoms with van der Waals surface area (Å²) in [6.45, 7) is 2.23. The zero-order valence-corrected chi connectivity index (χ0v) is 14.8. The molecule has 0 radical (unpaired) electrons. The molecular formula is C18H16N2O5S. The van der Waals surface area contributed by atoms with Crippen LogP contribution in [0.5, 0.6) is 11.5 Å². The van der Waals surface area contributed by atoms with Gasteiger partial charge in [-0.2, -0.15) is 0 Å². The molecule has 0 aliphatic carbocycles. The van der Waals surface area contributed by atoms with Crippen LogP contribution in [0.1, 0.15) is 22.2 Å². The normalized spacial score (nSPS) is 21.7. The Hall–Kier alpha value is -2.87. The summed E-state index contributed by atoms with van der Waals surface area (Å²) in [5, 5.41) is 4.47. The Morgan fingerprint density at radius 2 is 2.00 bits per heavy atom. The number of carbonyl (C=O) groups excluding carboxylic acids is 3. The van der Waals surface area contributed by atoms with Crippen molar-refractivity contribution in [2.75, 3.05) is 19.8 Å². The number of amides is 3. The number of fused-ring (bicyclic) bond motifs is 1. The van der Waals surface area contributed by atoms with Gasteiger partial charge in [-0.25, -0.2) is 4.79 Å². The number of nitrogens with zero attached hydrogens (tertiary/aromatic N) is 1. The summed E-state index contributed by atoms with van der Waals surface area (Å²) >= 11 is 1.28. The average Bonchev–Trinajstić information content (AvgIpc) is 3.25. The molecule has 1 atom stereocenters. The molecule has 2 aliphatic rings. The maximum Gasteiger partial charge on any atom is 0.325 e. The molecule has 0 bridgehead atoms. The number of urea groups is 1. The van der Waals surface area contributed by atoms with E-state index in [9.17, 15) is 14.4 Å². The van der Waals surface area contributed by atoms with Crippen LogP contribution in [0.25, 0.3) is 0 Å². The van der Waals surface area contributed by atoms with Crippen molar-refractivity contribution < 1.29 is 23.9 Å². The lowest BCUT2D eigenvalue weighted by molar-refractivity contribution is -0.130. The van der Waals surface area contributed by atoms with E-state index in [0.29, 0.717) is 35.2 Å². The minimum Gasteiger partial charge on any atom is -0.486 e. The Balaban J connectivity index is 1.60. The molecule has 8 heteroatoms. The van der Waals surface area contributed by atoms with Crippen LogP contribution >= 0.6 is 11.3 Å². The molecule has 7 nitrogen and oxygen atoms in total. The molecule has 1 aromatic carbocycles. The van der Waals surface area contributed by atoms with E-state index in [0.717, 1.165) is 4.90 Å². The van der Waals surface area contributed by atoms with E-state index in [-0.39, 0.29) is 12.3 Å². The summed E-state index contributed by atoms with van der Waals surface area (Å²) in [7, 11) is 0. The fourth-order valence-electron chi connectivity index (χ4n) is 3.05. The first kappa shape index (κ1) is 16.6. The zero-order valence-electron chi connectivity index (χ0n) is 14.0. The van der Waals surface area contributed by atoms with Crippen LogP contribution in [0.3, 0.4) is 0 Å². The Kier molecular flexibility index (Phi) is 3.91. The number of ketones is 1. The van der Waals surface area contributed by atoms with E-state index in [1.807, 2.05) is 0 Å². The number of ether oxygens (including phenoxy) is 2. The van der Waals surface area contributed by atoms with Crippen molar-refractivity contribution >= 4 is 29.1 Å². The fraction of sp³-hybridized carbons (Fsp3) is 0.278. The number of benzene rings is 1. The molecule has 1 fully saturated rings. The smallest absolute Gasteiger partial charge is 0.325 e. The van der Waals surface area contributed by atoms with Crippen molar-refractivity contribution in [3.63, 3.8) is 0 Å². The Labute approximate surface area is 153 Å². The third-order valence-electron chi connectivity index (χ3n) is 4.49. The third-order valence-corrected chi connectivity index (χ3v) is 5.40. The van der Waals surface area contributed by atoms with Gasteiger partial charge in [0.1, 0.15) is 18.8 Å². The average molecular weight is 372 g/mol. The third kappa shape index (κ3) is 2.62. The second-order valence-corrected chi connectivity index (χ2v) is 7.15. The van der Waals surface area contributed by atoms with E-state index >= 15 is 0 Å². The van der Waals surface area contributed by atoms with E-state index in [1.54, 1.807) is 42.6 Å². The second kappa shape index (κ2) is 6.14. The first-order chi connectivity index (χ1) is 12.5. The van der Waals surface area contributed by atoms with Crippen molar-refractivity contribution in [3.05, 3.63) is 46.2 Å². The van der Waals surface area contributed by atoms with Gasteiger partial charge in [-0.15, -0.1) is 11.3 Å². The van der Waals surface area contributed by atoms with Crippen LogP contribution in [-0.4, -0.2) is 42.4 Å². The lowest BCUT2D eigenvalue weighted by Gasteiger charge is -2.25. The van der Waals surface area contributed by atoms with Gasteiger partial charge >= 0.3 is 6.03 Å². The van der Waals surface area contributed by atoms with Crippen LogP contribution in [0.15, 0.2) is 35.7 Å². The summed E-state index contributed by atoms with van der Waals surface area (Å²) in [4.78, 5) is 39.1. The quantitative estimate of drug-likeness (QED) is 0.657. The number of hydrogen-bond donors (Lipinski definition) is 1. The van der Waals surface area contributed by atoms with E-state index in [4.69, 9.17) is 9.47 Å². The van der Waals surface area contributed by atoms with E-state index in [2.05, 4.69) is 5.32 Å². The molecule has 0 spiro atoms. The van der Waals surface area contributed by atoms with E-state index < -0.39 is 17.5 Å². The number of nitrogens with one attached hydrogen (secondary N) is 1. The maximum atomic E-state index is 12.9. The van der Waals surface area contributed by atoms with Gasteiger partial charge in [-0.3, -0.25) is 14.5 Å². The van der Waals surface area contributed by atoms with Gasteiger partial charge in [0.2, 0.25) is 0 Å². The molecule has 134 valence electrons. The molecule has 1 saturated heterocycles. The minimum absolute atomic E-state index is 0.269. The number of carbonyl (C=O) groups is 3. The molecular weight excluding hydrogens is 356 g/mol. The molecule has 0 unspecified atom stereocenters. The van der Waals surface area contributed by atoms with Crippen molar-refractivity contribution in [1.82, 2.24) is 10.2 Å². The van der Waals surface area contributed by atoms with Crippen molar-refractivity contribution in [2.45, 2.75) is 12.5 Å². The molecule has 26 heavy (non-hydrogen) atoms. The summed E-state index contributed by atoms with van der Waals surface area (Å²) in [6.07, 6.45) is 0. The SMILES string of the molecule is C[C@@]1(c2ccc3c(c2)OCCO3)NC(=O)N(CC(=O)c2cccs2)C1=O. The van der Waals surface area contributed by atoms with Gasteiger partial charge in [-0.1, -0.05) is 12.1 Å². The van der Waals surface area contributed by atoms with Gasteiger partial charge in [0, 0.05) is 0 Å². The molecule has 3 amide bonds. The Bertz CT molecular complexity index is 895. The predicted octanol–water partition coefficient (Wildman–Crippen LogP) is 2.17. The number of Topliss-reactive ketones (excluding diaryl/α,β-unsaturated/α-hetero) is 1. The van der Waals surface area contributed by atoms with Crippen LogP contribution in [0.4, 0.5) is 4.79 Å². The van der Waals surface area contributed by atoms with Crippen molar-refractivity contribution in [3.8, 4) is 11.5 Å². The lowest BCUT2D eigenvalue weighted by Crippen LogP contribution is -2.41. The topological polar surface area (TPSA) is 84.9 Å². The molecule has 2 aliphatic heterocycles. The van der Waals surface area contributed by atoms with Crippen molar-refractivity contribution in [2.24, 2.45) is 0 Å². The van der Waals surface area contributed by atoms with Gasteiger partial charge in [0.15, 0.2) is 17.3 Å². The largest absolute Gasteiger partial charge is 0.486 e.